The Kier molecular flexibility index (Phi) is 66.4. The summed E-state index contributed by atoms with van der Waals surface area (Å²) < 4.78 is 0. The average molecular weight is 358 g/mol. The Morgan fingerprint density at radius 1 is 0.636 bits per heavy atom. The average Bonchev–Trinajstić information content (AvgIpc) is 2.43. The molecular weight excluding hydrogens is 316 g/mol. The van der Waals surface area contributed by atoms with Gasteiger partial charge in [-0.3, -0.25) is 0 Å². The fourth-order valence-corrected chi connectivity index (χ4v) is 0.892. The van der Waals surface area contributed by atoms with Gasteiger partial charge in [-0.25, -0.2) is 0 Å². The molecule has 0 heterocycles. The van der Waals surface area contributed by atoms with Gasteiger partial charge in [0.1, 0.15) is 0 Å². The van der Waals surface area contributed by atoms with Gasteiger partial charge in [-0.1, -0.05) is 53.4 Å². The molecule has 0 rings (SSSR count). The summed E-state index contributed by atoms with van der Waals surface area (Å²) in [4.78, 5) is 0. The number of unbranched alkanes of at least 4 members (excludes halogenated alkanes) is 3. The van der Waals surface area contributed by atoms with Crippen molar-refractivity contribution < 1.29 is 42.1 Å². The molecule has 0 aliphatic carbocycles. The molecule has 0 aromatic rings. The van der Waals surface area contributed by atoms with Gasteiger partial charge < -0.3 is 20.4 Å². The third kappa shape index (κ3) is 86.1. The van der Waals surface area contributed by atoms with Crippen LogP contribution in [0.1, 0.15) is 86.0 Å². The van der Waals surface area contributed by atoms with E-state index in [2.05, 4.69) is 27.7 Å². The van der Waals surface area contributed by atoms with E-state index in [4.69, 9.17) is 20.4 Å². The topological polar surface area (TPSA) is 80.9 Å². The number of hydrogen-bond acceptors (Lipinski definition) is 4. The van der Waals surface area contributed by atoms with Crippen LogP contribution in [0.25, 0.3) is 0 Å². The fraction of sp³-hybridized carbons (Fsp3) is 1.00. The number of aliphatic hydroxyl groups is 4. The predicted octanol–water partition coefficient (Wildman–Crippen LogP) is 3.50. The van der Waals surface area contributed by atoms with Crippen molar-refractivity contribution >= 4 is 0 Å². The molecule has 0 aliphatic heterocycles. The Morgan fingerprint density at radius 2 is 0.909 bits per heavy atom. The molecule has 22 heavy (non-hydrogen) atoms. The predicted molar refractivity (Wildman–Crippen MR) is 92.6 cm³/mol. The maximum absolute atomic E-state index is 8.55. The molecule has 0 bridgehead atoms. The van der Waals surface area contributed by atoms with Gasteiger partial charge in [0.15, 0.2) is 0 Å². The van der Waals surface area contributed by atoms with E-state index in [0.717, 1.165) is 51.4 Å². The molecule has 0 radical (unpaired) electrons. The molecule has 4 N–H and O–H groups in total. The van der Waals surface area contributed by atoms with Crippen LogP contribution in [-0.4, -0.2) is 46.4 Å². The minimum Gasteiger partial charge on any atom is -0.396 e. The van der Waals surface area contributed by atoms with Crippen molar-refractivity contribution in [1.29, 1.82) is 0 Å². The summed E-state index contributed by atoms with van der Waals surface area (Å²) in [6, 6.07) is 0. The van der Waals surface area contributed by atoms with Gasteiger partial charge in [-0.15, -0.1) is 0 Å². The van der Waals surface area contributed by atoms with Gasteiger partial charge in [-0.05, 0) is 32.6 Å². The fourth-order valence-electron chi connectivity index (χ4n) is 0.892. The van der Waals surface area contributed by atoms with Crippen molar-refractivity contribution in [3.8, 4) is 0 Å². The Balaban J connectivity index is -0.0000000577. The van der Waals surface area contributed by atoms with Crippen LogP contribution in [0, 0.1) is 0 Å². The van der Waals surface area contributed by atoms with Crippen LogP contribution in [0.2, 0.25) is 0 Å². The molecule has 1 unspecified atom stereocenters. The number of aliphatic hydroxyl groups excluding tert-OH is 4. The molecule has 0 saturated heterocycles. The molecule has 0 saturated carbocycles. The first-order valence-corrected chi connectivity index (χ1v) is 8.52. The van der Waals surface area contributed by atoms with Crippen molar-refractivity contribution in [1.82, 2.24) is 0 Å². The van der Waals surface area contributed by atoms with Crippen LogP contribution >= 0.6 is 0 Å². The zero-order valence-corrected chi connectivity index (χ0v) is 17.2. The summed E-state index contributed by atoms with van der Waals surface area (Å²) in [6.45, 7) is 11.1. The van der Waals surface area contributed by atoms with Gasteiger partial charge in [-0.2, -0.15) is 0 Å². The van der Waals surface area contributed by atoms with Crippen molar-refractivity contribution in [2.24, 2.45) is 0 Å². The van der Waals surface area contributed by atoms with Crippen LogP contribution < -0.4 is 0 Å². The summed E-state index contributed by atoms with van der Waals surface area (Å²) in [6.07, 6.45) is 8.02. The summed E-state index contributed by atoms with van der Waals surface area (Å²) in [5.74, 6) is 0. The molecule has 0 aromatic heterocycles. The largest absolute Gasteiger partial charge is 0.396 e. The summed E-state index contributed by atoms with van der Waals surface area (Å²) in [7, 11) is 0. The SMILES string of the molecule is CCCC(C)O.CCCCO.CCCCO.CCCCO.[Ti]. The van der Waals surface area contributed by atoms with Gasteiger partial charge >= 0.3 is 0 Å². The maximum Gasteiger partial charge on any atom is 0.0512 e. The second-order valence-corrected chi connectivity index (χ2v) is 4.87. The van der Waals surface area contributed by atoms with Gasteiger partial charge in [0.25, 0.3) is 0 Å². The molecule has 0 aliphatic rings. The van der Waals surface area contributed by atoms with Gasteiger partial charge in [0.2, 0.25) is 0 Å². The Hall–Kier alpha value is 0.554. The molecule has 0 fully saturated rings. The first-order valence-electron chi connectivity index (χ1n) is 8.52. The molecular formula is C17H42O4Ti. The second kappa shape index (κ2) is 43.0. The smallest absolute Gasteiger partial charge is 0.0512 e. The van der Waals surface area contributed by atoms with Crippen LogP contribution in [0.15, 0.2) is 0 Å². The number of hydrogen-bond donors (Lipinski definition) is 4. The molecule has 0 amide bonds. The first-order chi connectivity index (χ1) is 10.0. The minimum absolute atomic E-state index is 0. The zero-order chi connectivity index (χ0) is 17.4. The number of rotatable bonds is 8. The summed E-state index contributed by atoms with van der Waals surface area (Å²) >= 11 is 0. The van der Waals surface area contributed by atoms with Crippen LogP contribution in [0.5, 0.6) is 0 Å². The Bertz CT molecular complexity index is 105. The monoisotopic (exact) mass is 358 g/mol. The van der Waals surface area contributed by atoms with E-state index in [0.29, 0.717) is 19.8 Å². The van der Waals surface area contributed by atoms with Crippen LogP contribution in [0.4, 0.5) is 0 Å². The van der Waals surface area contributed by atoms with Crippen molar-refractivity contribution in [3.63, 3.8) is 0 Å². The van der Waals surface area contributed by atoms with E-state index < -0.39 is 0 Å². The van der Waals surface area contributed by atoms with E-state index in [-0.39, 0.29) is 27.8 Å². The van der Waals surface area contributed by atoms with E-state index in [9.17, 15) is 0 Å². The Morgan fingerprint density at radius 3 is 0.909 bits per heavy atom. The van der Waals surface area contributed by atoms with Gasteiger partial charge in [0.05, 0.1) is 6.10 Å². The molecule has 5 heteroatoms. The molecule has 4 nitrogen and oxygen atoms in total. The first kappa shape index (κ1) is 34.0. The summed E-state index contributed by atoms with van der Waals surface area (Å²) in [5.41, 5.74) is 0. The van der Waals surface area contributed by atoms with Crippen molar-refractivity contribution in [2.75, 3.05) is 19.8 Å². The quantitative estimate of drug-likeness (QED) is 0.501. The molecule has 0 spiro atoms. The van der Waals surface area contributed by atoms with Crippen LogP contribution in [-0.2, 0) is 21.7 Å². The summed E-state index contributed by atoms with van der Waals surface area (Å²) in [5, 5.41) is 32.8. The second-order valence-electron chi connectivity index (χ2n) is 4.87. The molecule has 138 valence electrons. The standard InChI is InChI=1S/C5H12O.3C4H10O.Ti/c1-3-4-5(2)6;3*1-2-3-4-5;/h5-6H,3-4H2,1-2H3;3*5H,2-4H2,1H3;. The normalized spacial score (nSPS) is 9.68. The van der Waals surface area contributed by atoms with E-state index in [1.54, 1.807) is 0 Å². The molecule has 0 aromatic carbocycles. The third-order valence-corrected chi connectivity index (χ3v) is 2.24. The van der Waals surface area contributed by atoms with E-state index >= 15 is 0 Å². The van der Waals surface area contributed by atoms with Crippen molar-refractivity contribution in [3.05, 3.63) is 0 Å². The zero-order valence-electron chi connectivity index (χ0n) is 15.6. The van der Waals surface area contributed by atoms with E-state index in [1.165, 1.54) is 0 Å². The molecule has 1 atom stereocenters. The minimum atomic E-state index is -0.102. The maximum atomic E-state index is 8.55. The van der Waals surface area contributed by atoms with E-state index in [1.807, 2.05) is 6.92 Å². The Labute approximate surface area is 154 Å². The van der Waals surface area contributed by atoms with Crippen molar-refractivity contribution in [2.45, 2.75) is 92.1 Å². The third-order valence-electron chi connectivity index (χ3n) is 2.24. The van der Waals surface area contributed by atoms with Gasteiger partial charge in [0, 0.05) is 41.5 Å². The van der Waals surface area contributed by atoms with Crippen LogP contribution in [0.3, 0.4) is 0 Å².